The highest BCUT2D eigenvalue weighted by atomic mass is 16.1. The van der Waals surface area contributed by atoms with Crippen molar-refractivity contribution in [1.29, 1.82) is 0 Å². The van der Waals surface area contributed by atoms with Crippen LogP contribution in [-0.4, -0.2) is 6.29 Å². The zero-order chi connectivity index (χ0) is 13.2. The Labute approximate surface area is 108 Å². The quantitative estimate of drug-likeness (QED) is 0.557. The smallest absolute Gasteiger partial charge is 0.143 e. The molecule has 1 heteroatoms. The highest BCUT2D eigenvalue weighted by Crippen LogP contribution is 2.34. The Morgan fingerprint density at radius 1 is 1.00 bits per heavy atom. The van der Waals surface area contributed by atoms with E-state index in [1.807, 2.05) is 12.1 Å². The van der Waals surface area contributed by atoms with Gasteiger partial charge in [0.25, 0.3) is 0 Å². The molecule has 2 aromatic carbocycles. The lowest BCUT2D eigenvalue weighted by Gasteiger charge is -2.23. The SMILES string of the molecule is CC(C)(C)/C(=C\C=O)c1ccc2ccccc2c1. The molecule has 0 N–H and O–H groups in total. The minimum absolute atomic E-state index is 0.0383. The largest absolute Gasteiger partial charge is 0.299 e. The summed E-state index contributed by atoms with van der Waals surface area (Å²) in [6.45, 7) is 6.37. The monoisotopic (exact) mass is 238 g/mol. The van der Waals surface area contributed by atoms with Crippen molar-refractivity contribution in [3.05, 3.63) is 54.1 Å². The molecule has 0 atom stereocenters. The summed E-state index contributed by atoms with van der Waals surface area (Å²) in [6.07, 6.45) is 2.54. The minimum Gasteiger partial charge on any atom is -0.299 e. The fourth-order valence-electron chi connectivity index (χ4n) is 2.20. The van der Waals surface area contributed by atoms with Crippen molar-refractivity contribution in [1.82, 2.24) is 0 Å². The van der Waals surface area contributed by atoms with E-state index in [1.54, 1.807) is 6.08 Å². The Balaban J connectivity index is 2.59. The molecular weight excluding hydrogens is 220 g/mol. The van der Waals surface area contributed by atoms with Crippen LogP contribution in [0.15, 0.2) is 48.5 Å². The second kappa shape index (κ2) is 4.77. The first kappa shape index (κ1) is 12.6. The Hall–Kier alpha value is -1.89. The van der Waals surface area contributed by atoms with Crippen LogP contribution in [0.4, 0.5) is 0 Å². The van der Waals surface area contributed by atoms with Crippen molar-refractivity contribution >= 4 is 22.6 Å². The molecule has 2 rings (SSSR count). The lowest BCUT2D eigenvalue weighted by molar-refractivity contribution is -0.104. The number of rotatable bonds is 2. The minimum atomic E-state index is -0.0383. The molecule has 18 heavy (non-hydrogen) atoms. The molecule has 0 spiro atoms. The Morgan fingerprint density at radius 3 is 2.28 bits per heavy atom. The maximum absolute atomic E-state index is 10.8. The van der Waals surface area contributed by atoms with E-state index in [4.69, 9.17) is 0 Å². The first-order valence-electron chi connectivity index (χ1n) is 6.17. The summed E-state index contributed by atoms with van der Waals surface area (Å²) >= 11 is 0. The van der Waals surface area contributed by atoms with Gasteiger partial charge in [0.15, 0.2) is 0 Å². The lowest BCUT2D eigenvalue weighted by Crippen LogP contribution is -2.08. The van der Waals surface area contributed by atoms with Crippen LogP contribution in [0.3, 0.4) is 0 Å². The van der Waals surface area contributed by atoms with E-state index in [1.165, 1.54) is 10.8 Å². The van der Waals surface area contributed by atoms with E-state index in [9.17, 15) is 4.79 Å². The fourth-order valence-corrected chi connectivity index (χ4v) is 2.20. The van der Waals surface area contributed by atoms with E-state index in [0.29, 0.717) is 0 Å². The average Bonchev–Trinajstić information content (AvgIpc) is 2.34. The van der Waals surface area contributed by atoms with Gasteiger partial charge in [-0.15, -0.1) is 0 Å². The van der Waals surface area contributed by atoms with Crippen LogP contribution in [0.1, 0.15) is 26.3 Å². The standard InChI is InChI=1S/C17H18O/c1-17(2,3)16(10-11-18)15-9-8-13-6-4-5-7-14(13)12-15/h4-12H,1-3H3/b16-10-. The number of hydrogen-bond donors (Lipinski definition) is 0. The molecule has 92 valence electrons. The fraction of sp³-hybridized carbons (Fsp3) is 0.235. The summed E-state index contributed by atoms with van der Waals surface area (Å²) in [7, 11) is 0. The highest BCUT2D eigenvalue weighted by Gasteiger charge is 2.18. The van der Waals surface area contributed by atoms with Crippen molar-refractivity contribution in [2.75, 3.05) is 0 Å². The average molecular weight is 238 g/mol. The van der Waals surface area contributed by atoms with Crippen molar-refractivity contribution in [2.24, 2.45) is 5.41 Å². The highest BCUT2D eigenvalue weighted by molar-refractivity contribution is 5.90. The van der Waals surface area contributed by atoms with Gasteiger partial charge >= 0.3 is 0 Å². The summed E-state index contributed by atoms with van der Waals surface area (Å²) in [5.74, 6) is 0. The van der Waals surface area contributed by atoms with E-state index >= 15 is 0 Å². The van der Waals surface area contributed by atoms with Crippen LogP contribution >= 0.6 is 0 Å². The summed E-state index contributed by atoms with van der Waals surface area (Å²) in [4.78, 5) is 10.8. The Kier molecular flexibility index (Phi) is 3.33. The van der Waals surface area contributed by atoms with Crippen molar-refractivity contribution in [3.63, 3.8) is 0 Å². The first-order valence-corrected chi connectivity index (χ1v) is 6.17. The van der Waals surface area contributed by atoms with Gasteiger partial charge < -0.3 is 0 Å². The van der Waals surface area contributed by atoms with E-state index < -0.39 is 0 Å². The molecule has 2 aromatic rings. The molecule has 0 aliphatic rings. The summed E-state index contributed by atoms with van der Waals surface area (Å²) in [6, 6.07) is 14.6. The van der Waals surface area contributed by atoms with Gasteiger partial charge in [0.1, 0.15) is 6.29 Å². The van der Waals surface area contributed by atoms with Crippen LogP contribution in [-0.2, 0) is 4.79 Å². The van der Waals surface area contributed by atoms with Crippen LogP contribution in [0.2, 0.25) is 0 Å². The van der Waals surface area contributed by atoms with Gasteiger partial charge in [-0.1, -0.05) is 57.2 Å². The second-order valence-electron chi connectivity index (χ2n) is 5.53. The molecule has 0 unspecified atom stereocenters. The molecule has 0 fully saturated rings. The molecule has 0 aromatic heterocycles. The molecule has 0 aliphatic carbocycles. The number of hydrogen-bond acceptors (Lipinski definition) is 1. The van der Waals surface area contributed by atoms with Crippen molar-refractivity contribution < 1.29 is 4.79 Å². The number of benzene rings is 2. The van der Waals surface area contributed by atoms with Crippen LogP contribution in [0.5, 0.6) is 0 Å². The van der Waals surface area contributed by atoms with Gasteiger partial charge in [0.2, 0.25) is 0 Å². The molecular formula is C17H18O. The zero-order valence-corrected chi connectivity index (χ0v) is 11.1. The molecule has 0 heterocycles. The maximum atomic E-state index is 10.8. The second-order valence-corrected chi connectivity index (χ2v) is 5.53. The van der Waals surface area contributed by atoms with Gasteiger partial charge in [-0.3, -0.25) is 4.79 Å². The third-order valence-corrected chi connectivity index (χ3v) is 3.10. The molecule has 0 saturated carbocycles. The first-order chi connectivity index (χ1) is 8.52. The zero-order valence-electron chi connectivity index (χ0n) is 11.1. The number of carbonyl (C=O) groups is 1. The van der Waals surface area contributed by atoms with Gasteiger partial charge in [0, 0.05) is 0 Å². The topological polar surface area (TPSA) is 17.1 Å². The number of fused-ring (bicyclic) bond motifs is 1. The summed E-state index contributed by atoms with van der Waals surface area (Å²) < 4.78 is 0. The van der Waals surface area contributed by atoms with Gasteiger partial charge in [-0.05, 0) is 39.5 Å². The molecule has 0 amide bonds. The maximum Gasteiger partial charge on any atom is 0.143 e. The Morgan fingerprint density at radius 2 is 1.67 bits per heavy atom. The van der Waals surface area contributed by atoms with E-state index in [2.05, 4.69) is 51.1 Å². The molecule has 0 bridgehead atoms. The lowest BCUT2D eigenvalue weighted by atomic mass is 9.81. The molecule has 1 nitrogen and oxygen atoms in total. The van der Waals surface area contributed by atoms with Crippen LogP contribution in [0, 0.1) is 5.41 Å². The normalized spacial score (nSPS) is 12.7. The number of allylic oxidation sites excluding steroid dienone is 2. The van der Waals surface area contributed by atoms with Crippen molar-refractivity contribution in [3.8, 4) is 0 Å². The van der Waals surface area contributed by atoms with E-state index in [-0.39, 0.29) is 5.41 Å². The predicted octanol–water partition coefficient (Wildman–Crippen LogP) is 4.47. The van der Waals surface area contributed by atoms with Crippen molar-refractivity contribution in [2.45, 2.75) is 20.8 Å². The third-order valence-electron chi connectivity index (χ3n) is 3.10. The predicted molar refractivity (Wildman–Crippen MR) is 77.4 cm³/mol. The molecule has 0 radical (unpaired) electrons. The van der Waals surface area contributed by atoms with Crippen LogP contribution < -0.4 is 0 Å². The summed E-state index contributed by atoms with van der Waals surface area (Å²) in [5.41, 5.74) is 2.15. The number of aldehydes is 1. The van der Waals surface area contributed by atoms with Gasteiger partial charge in [-0.2, -0.15) is 0 Å². The van der Waals surface area contributed by atoms with Gasteiger partial charge in [-0.25, -0.2) is 0 Å². The van der Waals surface area contributed by atoms with Gasteiger partial charge in [0.05, 0.1) is 0 Å². The molecule has 0 saturated heterocycles. The van der Waals surface area contributed by atoms with Crippen LogP contribution in [0.25, 0.3) is 16.3 Å². The number of carbonyl (C=O) groups excluding carboxylic acids is 1. The molecule has 0 aliphatic heterocycles. The Bertz CT molecular complexity index is 600. The summed E-state index contributed by atoms with van der Waals surface area (Å²) in [5, 5.41) is 2.43. The third kappa shape index (κ3) is 2.51. The van der Waals surface area contributed by atoms with E-state index in [0.717, 1.165) is 17.4 Å².